The van der Waals surface area contributed by atoms with Crippen molar-refractivity contribution in [3.05, 3.63) is 107 Å². The van der Waals surface area contributed by atoms with E-state index < -0.39 is 44.8 Å². The van der Waals surface area contributed by atoms with Gasteiger partial charge in [0.2, 0.25) is 9.84 Å². The van der Waals surface area contributed by atoms with Crippen LogP contribution in [0.5, 0.6) is 23.0 Å². The fourth-order valence-corrected chi connectivity index (χ4v) is 5.05. The van der Waals surface area contributed by atoms with Crippen molar-refractivity contribution in [2.45, 2.75) is 35.2 Å². The highest BCUT2D eigenvalue weighted by Crippen LogP contribution is 2.40. The summed E-state index contributed by atoms with van der Waals surface area (Å²) in [5.74, 6) is -1.07. The number of alkyl halides is 6. The van der Waals surface area contributed by atoms with Gasteiger partial charge in [0.1, 0.15) is 23.0 Å². The van der Waals surface area contributed by atoms with Crippen molar-refractivity contribution in [1.82, 2.24) is 0 Å². The largest absolute Gasteiger partial charge is 0.457 e. The highest BCUT2D eigenvalue weighted by Gasteiger charge is 2.35. The van der Waals surface area contributed by atoms with Crippen LogP contribution in [-0.2, 0) is 35.3 Å². The fraction of sp³-hybridized carbons (Fsp3) is 0.143. The predicted molar refractivity (Wildman–Crippen MR) is 137 cm³/mol. The van der Waals surface area contributed by atoms with Crippen LogP contribution in [0.4, 0.5) is 26.3 Å². The molecule has 41 heavy (non-hydrogen) atoms. The van der Waals surface area contributed by atoms with Gasteiger partial charge in [-0.1, -0.05) is 12.1 Å². The molecule has 0 unspecified atom stereocenters. The van der Waals surface area contributed by atoms with Crippen LogP contribution in [0.25, 0.3) is 0 Å². The van der Waals surface area contributed by atoms with Gasteiger partial charge < -0.3 is 20.9 Å². The van der Waals surface area contributed by atoms with Gasteiger partial charge in [-0.15, -0.1) is 0 Å². The lowest BCUT2D eigenvalue weighted by atomic mass is 10.1. The quantitative estimate of drug-likeness (QED) is 0.211. The van der Waals surface area contributed by atoms with Gasteiger partial charge in [-0.2, -0.15) is 26.3 Å². The van der Waals surface area contributed by atoms with E-state index in [0.717, 1.165) is 48.5 Å². The molecule has 13 heteroatoms. The number of rotatable bonds is 8. The molecular weight excluding hydrogens is 574 g/mol. The average Bonchev–Trinajstić information content (AvgIpc) is 2.92. The van der Waals surface area contributed by atoms with E-state index in [2.05, 4.69) is 0 Å². The first-order valence-electron chi connectivity index (χ1n) is 11.8. The van der Waals surface area contributed by atoms with E-state index in [4.69, 9.17) is 20.9 Å². The Morgan fingerprint density at radius 3 is 1.20 bits per heavy atom. The van der Waals surface area contributed by atoms with Crippen LogP contribution < -0.4 is 20.9 Å². The Hall–Kier alpha value is -4.07. The molecule has 0 radical (unpaired) electrons. The third kappa shape index (κ3) is 6.81. The van der Waals surface area contributed by atoms with Crippen molar-refractivity contribution in [3.8, 4) is 23.0 Å². The Kier molecular flexibility index (Phi) is 8.34. The standard InChI is InChI=1S/C28H22F6N2O4S/c29-27(30,31)23-11-1-17(15-35)13-25(23)39-19-3-7-21(8-4-19)41(37,38)22-9-5-20(6-10-22)40-26-14-18(16-36)2-12-24(26)28(32,33)34/h1-14H,15-16,35-36H2. The molecule has 6 nitrogen and oxygen atoms in total. The molecule has 4 aromatic carbocycles. The number of halogens is 6. The second-order valence-corrected chi connectivity index (χ2v) is 10.7. The lowest BCUT2D eigenvalue weighted by Gasteiger charge is -2.15. The highest BCUT2D eigenvalue weighted by atomic mass is 32.2. The van der Waals surface area contributed by atoms with Gasteiger partial charge in [0, 0.05) is 13.1 Å². The Bertz CT molecular complexity index is 1520. The summed E-state index contributed by atoms with van der Waals surface area (Å²) < 4.78 is 117. The van der Waals surface area contributed by atoms with Gasteiger partial charge >= 0.3 is 12.4 Å². The van der Waals surface area contributed by atoms with Crippen LogP contribution >= 0.6 is 0 Å². The van der Waals surface area contributed by atoms with Crippen LogP contribution in [0, 0.1) is 0 Å². The van der Waals surface area contributed by atoms with Crippen molar-refractivity contribution in [2.75, 3.05) is 0 Å². The number of hydrogen-bond acceptors (Lipinski definition) is 6. The molecule has 0 heterocycles. The molecule has 216 valence electrons. The molecule has 4 N–H and O–H groups in total. The summed E-state index contributed by atoms with van der Waals surface area (Å²) in [4.78, 5) is -0.388. The summed E-state index contributed by atoms with van der Waals surface area (Å²) in [7, 11) is -4.11. The predicted octanol–water partition coefficient (Wildman–Crippen LogP) is 7.06. The molecule has 0 atom stereocenters. The molecular formula is C28H22F6N2O4S. The van der Waals surface area contributed by atoms with Crippen LogP contribution in [0.15, 0.2) is 94.7 Å². The third-order valence-corrected chi connectivity index (χ3v) is 7.68. The maximum atomic E-state index is 13.4. The topological polar surface area (TPSA) is 105 Å². The zero-order valence-electron chi connectivity index (χ0n) is 21.0. The molecule has 0 saturated carbocycles. The summed E-state index contributed by atoms with van der Waals surface area (Å²) in [5.41, 5.74) is 9.80. The normalized spacial score (nSPS) is 12.3. The molecule has 0 aliphatic heterocycles. The number of ether oxygens (including phenoxy) is 2. The van der Waals surface area contributed by atoms with Crippen LogP contribution in [0.2, 0.25) is 0 Å². The maximum absolute atomic E-state index is 13.4. The first kappa shape index (κ1) is 29.9. The monoisotopic (exact) mass is 596 g/mol. The Balaban J connectivity index is 1.55. The Morgan fingerprint density at radius 2 is 0.902 bits per heavy atom. The summed E-state index contributed by atoms with van der Waals surface area (Å²) in [6, 6.07) is 15.9. The van der Waals surface area contributed by atoms with Crippen molar-refractivity contribution in [2.24, 2.45) is 11.5 Å². The second kappa shape index (κ2) is 11.4. The van der Waals surface area contributed by atoms with Crippen molar-refractivity contribution < 1.29 is 44.2 Å². The molecule has 0 bridgehead atoms. The first-order chi connectivity index (χ1) is 19.2. The molecule has 0 spiro atoms. The van der Waals surface area contributed by atoms with E-state index >= 15 is 0 Å². The van der Waals surface area contributed by atoms with E-state index in [9.17, 15) is 34.8 Å². The molecule has 0 aromatic heterocycles. The zero-order chi connectivity index (χ0) is 30.0. The van der Waals surface area contributed by atoms with Gasteiger partial charge in [-0.3, -0.25) is 0 Å². The smallest absolute Gasteiger partial charge is 0.419 e. The van der Waals surface area contributed by atoms with E-state index in [1.165, 1.54) is 36.4 Å². The second-order valence-electron chi connectivity index (χ2n) is 8.72. The van der Waals surface area contributed by atoms with E-state index in [0.29, 0.717) is 11.1 Å². The van der Waals surface area contributed by atoms with Gasteiger partial charge in [-0.05, 0) is 83.9 Å². The minimum absolute atomic E-state index is 0.0148. The Labute approximate surface area is 231 Å². The number of sulfone groups is 1. The number of nitrogens with two attached hydrogens (primary N) is 2. The summed E-state index contributed by atoms with van der Waals surface area (Å²) in [6.07, 6.45) is -9.38. The zero-order valence-corrected chi connectivity index (χ0v) is 21.8. The number of hydrogen-bond donors (Lipinski definition) is 2. The van der Waals surface area contributed by atoms with Crippen LogP contribution in [0.3, 0.4) is 0 Å². The molecule has 0 aliphatic rings. The van der Waals surface area contributed by atoms with E-state index in [1.807, 2.05) is 0 Å². The fourth-order valence-electron chi connectivity index (χ4n) is 3.79. The molecule has 4 rings (SSSR count). The summed E-state index contributed by atoms with van der Waals surface area (Å²) in [5, 5.41) is 0. The minimum atomic E-state index is -4.69. The van der Waals surface area contributed by atoms with Gasteiger partial charge in [0.05, 0.1) is 20.9 Å². The molecule has 0 saturated heterocycles. The average molecular weight is 597 g/mol. The minimum Gasteiger partial charge on any atom is -0.457 e. The molecule has 4 aromatic rings. The van der Waals surface area contributed by atoms with Crippen LogP contribution in [0.1, 0.15) is 22.3 Å². The van der Waals surface area contributed by atoms with Gasteiger partial charge in [-0.25, -0.2) is 8.42 Å². The molecule has 0 fully saturated rings. The SMILES string of the molecule is NCc1ccc(C(F)(F)F)c(Oc2ccc(S(=O)(=O)c3ccc(Oc4cc(CN)ccc4C(F)(F)F)cc3)cc2)c1. The summed E-state index contributed by atoms with van der Waals surface area (Å²) >= 11 is 0. The van der Waals surface area contributed by atoms with Gasteiger partial charge in [0.25, 0.3) is 0 Å². The van der Waals surface area contributed by atoms with Gasteiger partial charge in [0.15, 0.2) is 0 Å². The van der Waals surface area contributed by atoms with Crippen molar-refractivity contribution in [3.63, 3.8) is 0 Å². The lowest BCUT2D eigenvalue weighted by molar-refractivity contribution is -0.139. The first-order valence-corrected chi connectivity index (χ1v) is 13.3. The lowest BCUT2D eigenvalue weighted by Crippen LogP contribution is -2.08. The maximum Gasteiger partial charge on any atom is 0.419 e. The van der Waals surface area contributed by atoms with E-state index in [1.54, 1.807) is 0 Å². The van der Waals surface area contributed by atoms with E-state index in [-0.39, 0.29) is 34.4 Å². The van der Waals surface area contributed by atoms with Crippen molar-refractivity contribution >= 4 is 9.84 Å². The third-order valence-electron chi connectivity index (χ3n) is 5.90. The summed E-state index contributed by atoms with van der Waals surface area (Å²) in [6.45, 7) is -0.0296. The van der Waals surface area contributed by atoms with Crippen LogP contribution in [-0.4, -0.2) is 8.42 Å². The molecule has 0 amide bonds. The molecule has 0 aliphatic carbocycles. The number of benzene rings is 4. The Morgan fingerprint density at radius 1 is 0.561 bits per heavy atom. The highest BCUT2D eigenvalue weighted by molar-refractivity contribution is 7.91. The van der Waals surface area contributed by atoms with Crippen molar-refractivity contribution in [1.29, 1.82) is 0 Å².